The predicted octanol–water partition coefficient (Wildman–Crippen LogP) is 1.66. The summed E-state index contributed by atoms with van der Waals surface area (Å²) in [5.41, 5.74) is 4.87. The first-order chi connectivity index (χ1) is 12.8. The number of phenols is 1. The average molecular weight is 410 g/mol. The van der Waals surface area contributed by atoms with Crippen LogP contribution in [0.5, 0.6) is 5.75 Å². The van der Waals surface area contributed by atoms with Crippen LogP contribution < -0.4 is 15.2 Å². The molecular formula is C17H16ClN3O5S. The summed E-state index contributed by atoms with van der Waals surface area (Å²) in [6.45, 7) is 0.359. The molecule has 0 bridgehead atoms. The van der Waals surface area contributed by atoms with Gasteiger partial charge in [-0.15, -0.1) is 0 Å². The molecule has 1 fully saturated rings. The number of hydrazine groups is 1. The largest absolute Gasteiger partial charge is 0.507 e. The molecule has 1 saturated heterocycles. The van der Waals surface area contributed by atoms with Gasteiger partial charge in [-0.3, -0.25) is 24.7 Å². The number of hydrogen-bond acceptors (Lipinski definition) is 5. The molecule has 0 aliphatic carbocycles. The third kappa shape index (κ3) is 4.15. The fourth-order valence-corrected chi connectivity index (χ4v) is 4.40. The van der Waals surface area contributed by atoms with Crippen LogP contribution in [0.1, 0.15) is 27.1 Å². The minimum atomic E-state index is -3.36. The second kappa shape index (κ2) is 7.45. The van der Waals surface area contributed by atoms with Crippen LogP contribution in [-0.2, 0) is 10.0 Å². The Kier molecular flexibility index (Phi) is 5.24. The van der Waals surface area contributed by atoms with Gasteiger partial charge in [0.15, 0.2) is 0 Å². The molecular weight excluding hydrogens is 394 g/mol. The monoisotopic (exact) mass is 409 g/mol. The minimum absolute atomic E-state index is 0.0720. The van der Waals surface area contributed by atoms with Crippen LogP contribution in [0.2, 0.25) is 5.02 Å². The highest BCUT2D eigenvalue weighted by Crippen LogP contribution is 2.25. The summed E-state index contributed by atoms with van der Waals surface area (Å²) in [7, 11) is -3.36. The van der Waals surface area contributed by atoms with E-state index in [-0.39, 0.29) is 27.7 Å². The molecule has 0 aromatic heterocycles. The average Bonchev–Trinajstić information content (AvgIpc) is 3.00. The van der Waals surface area contributed by atoms with Crippen LogP contribution in [0.15, 0.2) is 42.5 Å². The van der Waals surface area contributed by atoms with Gasteiger partial charge in [0.2, 0.25) is 10.0 Å². The number of anilines is 1. The van der Waals surface area contributed by atoms with Gasteiger partial charge in [0.05, 0.1) is 17.0 Å². The highest BCUT2D eigenvalue weighted by molar-refractivity contribution is 7.93. The van der Waals surface area contributed by atoms with Crippen molar-refractivity contribution in [1.29, 1.82) is 0 Å². The van der Waals surface area contributed by atoms with Crippen molar-refractivity contribution < 1.29 is 23.1 Å². The van der Waals surface area contributed by atoms with Crippen molar-refractivity contribution in [2.24, 2.45) is 0 Å². The van der Waals surface area contributed by atoms with E-state index in [9.17, 15) is 23.1 Å². The summed E-state index contributed by atoms with van der Waals surface area (Å²) in [4.78, 5) is 24.4. The number of hydrogen-bond donors (Lipinski definition) is 3. The number of carbonyl (C=O) groups is 2. The number of amides is 2. The molecule has 10 heteroatoms. The number of carbonyl (C=O) groups excluding carboxylic acids is 2. The fourth-order valence-electron chi connectivity index (χ4n) is 2.67. The van der Waals surface area contributed by atoms with Gasteiger partial charge in [-0.05, 0) is 42.8 Å². The zero-order valence-electron chi connectivity index (χ0n) is 14.0. The lowest BCUT2D eigenvalue weighted by molar-refractivity contribution is 0.0845. The molecule has 2 amide bonds. The number of benzene rings is 2. The lowest BCUT2D eigenvalue weighted by Gasteiger charge is -2.17. The van der Waals surface area contributed by atoms with Crippen molar-refractivity contribution >= 4 is 39.1 Å². The highest BCUT2D eigenvalue weighted by atomic mass is 35.5. The van der Waals surface area contributed by atoms with E-state index in [1.165, 1.54) is 34.6 Å². The maximum absolute atomic E-state index is 12.3. The Labute approximate surface area is 160 Å². The molecule has 1 aliphatic heterocycles. The van der Waals surface area contributed by atoms with Crippen molar-refractivity contribution in [2.75, 3.05) is 16.6 Å². The van der Waals surface area contributed by atoms with E-state index in [1.807, 2.05) is 0 Å². The molecule has 142 valence electrons. The summed E-state index contributed by atoms with van der Waals surface area (Å²) in [6, 6.07) is 10.0. The minimum Gasteiger partial charge on any atom is -0.507 e. The number of nitrogens with zero attached hydrogens (tertiary/aromatic N) is 1. The SMILES string of the molecule is O=C(NNC(=O)c1cc(Cl)ccc1O)c1cccc(N2CCCS2(=O)=O)c1. The Balaban J connectivity index is 1.71. The Morgan fingerprint density at radius 1 is 1.07 bits per heavy atom. The predicted molar refractivity (Wildman–Crippen MR) is 100 cm³/mol. The van der Waals surface area contributed by atoms with Gasteiger partial charge >= 0.3 is 0 Å². The van der Waals surface area contributed by atoms with E-state index in [1.54, 1.807) is 12.1 Å². The van der Waals surface area contributed by atoms with Crippen molar-refractivity contribution in [3.63, 3.8) is 0 Å². The third-order valence-corrected chi connectivity index (χ3v) is 6.09. The molecule has 0 saturated carbocycles. The van der Waals surface area contributed by atoms with E-state index < -0.39 is 21.8 Å². The molecule has 27 heavy (non-hydrogen) atoms. The summed E-state index contributed by atoms with van der Waals surface area (Å²) in [6.07, 6.45) is 0.526. The van der Waals surface area contributed by atoms with Crippen molar-refractivity contribution in [3.05, 3.63) is 58.6 Å². The summed E-state index contributed by atoms with van der Waals surface area (Å²) in [5, 5.41) is 9.95. The molecule has 3 rings (SSSR count). The maximum atomic E-state index is 12.3. The van der Waals surface area contributed by atoms with Crippen LogP contribution in [0.3, 0.4) is 0 Å². The van der Waals surface area contributed by atoms with Gasteiger partial charge in [0, 0.05) is 17.1 Å². The number of sulfonamides is 1. The van der Waals surface area contributed by atoms with Crippen molar-refractivity contribution in [1.82, 2.24) is 10.9 Å². The van der Waals surface area contributed by atoms with Crippen molar-refractivity contribution in [2.45, 2.75) is 6.42 Å². The third-order valence-electron chi connectivity index (χ3n) is 3.99. The van der Waals surface area contributed by atoms with Crippen LogP contribution in [0.25, 0.3) is 0 Å². The van der Waals surface area contributed by atoms with Gasteiger partial charge < -0.3 is 5.11 Å². The molecule has 1 aliphatic rings. The van der Waals surface area contributed by atoms with Gasteiger partial charge in [0.1, 0.15) is 5.75 Å². The molecule has 2 aromatic rings. The molecule has 0 atom stereocenters. The van der Waals surface area contributed by atoms with E-state index in [4.69, 9.17) is 11.6 Å². The van der Waals surface area contributed by atoms with E-state index in [2.05, 4.69) is 10.9 Å². The van der Waals surface area contributed by atoms with Crippen LogP contribution >= 0.6 is 11.6 Å². The maximum Gasteiger partial charge on any atom is 0.273 e. The summed E-state index contributed by atoms with van der Waals surface area (Å²) < 4.78 is 25.3. The van der Waals surface area contributed by atoms with E-state index in [0.717, 1.165) is 0 Å². The highest BCUT2D eigenvalue weighted by Gasteiger charge is 2.28. The molecule has 0 unspecified atom stereocenters. The molecule has 1 heterocycles. The molecule has 2 aromatic carbocycles. The molecule has 0 spiro atoms. The summed E-state index contributed by atoms with van der Waals surface area (Å²) >= 11 is 5.79. The van der Waals surface area contributed by atoms with E-state index in [0.29, 0.717) is 18.7 Å². The van der Waals surface area contributed by atoms with Crippen LogP contribution in [-0.4, -0.2) is 37.6 Å². The van der Waals surface area contributed by atoms with Crippen LogP contribution in [0.4, 0.5) is 5.69 Å². The fraction of sp³-hybridized carbons (Fsp3) is 0.176. The number of halogens is 1. The Morgan fingerprint density at radius 2 is 1.81 bits per heavy atom. The molecule has 0 radical (unpaired) electrons. The second-order valence-electron chi connectivity index (χ2n) is 5.86. The zero-order valence-corrected chi connectivity index (χ0v) is 15.5. The van der Waals surface area contributed by atoms with Gasteiger partial charge in [-0.1, -0.05) is 17.7 Å². The lowest BCUT2D eigenvalue weighted by Crippen LogP contribution is -2.41. The first-order valence-electron chi connectivity index (χ1n) is 7.97. The molecule has 3 N–H and O–H groups in total. The van der Waals surface area contributed by atoms with Gasteiger partial charge in [-0.25, -0.2) is 8.42 Å². The quantitative estimate of drug-likeness (QED) is 0.667. The van der Waals surface area contributed by atoms with Gasteiger partial charge in [-0.2, -0.15) is 0 Å². The number of rotatable bonds is 3. The number of nitrogens with one attached hydrogen (secondary N) is 2. The number of aromatic hydroxyl groups is 1. The topological polar surface area (TPSA) is 116 Å². The Morgan fingerprint density at radius 3 is 2.52 bits per heavy atom. The summed E-state index contributed by atoms with van der Waals surface area (Å²) in [5.74, 6) is -1.60. The Bertz CT molecular complexity index is 1010. The first-order valence-corrected chi connectivity index (χ1v) is 9.96. The lowest BCUT2D eigenvalue weighted by atomic mass is 10.2. The van der Waals surface area contributed by atoms with Crippen LogP contribution in [0, 0.1) is 0 Å². The Hall–Kier alpha value is -2.78. The first kappa shape index (κ1) is 19.0. The van der Waals surface area contributed by atoms with Crippen molar-refractivity contribution in [3.8, 4) is 5.75 Å². The second-order valence-corrected chi connectivity index (χ2v) is 8.31. The normalized spacial score (nSPS) is 15.4. The molecule has 8 nitrogen and oxygen atoms in total. The zero-order chi connectivity index (χ0) is 19.6. The van der Waals surface area contributed by atoms with Gasteiger partial charge in [0.25, 0.3) is 11.8 Å². The van der Waals surface area contributed by atoms with E-state index >= 15 is 0 Å². The standard InChI is InChI=1S/C17H16ClN3O5S/c18-12-5-6-15(22)14(10-12)17(24)20-19-16(23)11-3-1-4-13(9-11)21-7-2-8-27(21,25)26/h1,3-6,9-10,22H,2,7-8H2,(H,19,23)(H,20,24). The smallest absolute Gasteiger partial charge is 0.273 e. The number of phenolic OH excluding ortho intramolecular Hbond substituents is 1.